The van der Waals surface area contributed by atoms with Crippen molar-refractivity contribution in [1.82, 2.24) is 9.21 Å². The zero-order chi connectivity index (χ0) is 20.3. The number of rotatable bonds is 5. The third-order valence-electron chi connectivity index (χ3n) is 5.19. The lowest BCUT2D eigenvalue weighted by Gasteiger charge is -2.43. The Labute approximate surface area is 166 Å². The summed E-state index contributed by atoms with van der Waals surface area (Å²) in [7, 11) is -2.12. The highest BCUT2D eigenvalue weighted by molar-refractivity contribution is 7.89. The number of ether oxygens (including phenoxy) is 1. The highest BCUT2D eigenvalue weighted by Crippen LogP contribution is 2.24. The molecule has 0 aromatic heterocycles. The van der Waals surface area contributed by atoms with E-state index in [9.17, 15) is 13.2 Å². The molecule has 150 valence electrons. The molecule has 0 radical (unpaired) electrons. The maximum absolute atomic E-state index is 12.9. The lowest BCUT2D eigenvalue weighted by molar-refractivity contribution is 0.0600. The Kier molecular flexibility index (Phi) is 6.17. The molecule has 0 unspecified atom stereocenters. The summed E-state index contributed by atoms with van der Waals surface area (Å²) in [6, 6.07) is 16.1. The molecule has 2 aromatic carbocycles. The number of esters is 1. The fourth-order valence-electron chi connectivity index (χ4n) is 3.63. The smallest absolute Gasteiger partial charge is 0.337 e. The molecule has 0 bridgehead atoms. The zero-order valence-corrected chi connectivity index (χ0v) is 17.2. The van der Waals surface area contributed by atoms with Crippen LogP contribution in [0.5, 0.6) is 0 Å². The number of piperazine rings is 1. The first-order chi connectivity index (χ1) is 13.3. The summed E-state index contributed by atoms with van der Waals surface area (Å²) in [6.07, 6.45) is 0. The van der Waals surface area contributed by atoms with Gasteiger partial charge >= 0.3 is 5.97 Å². The Hall–Kier alpha value is -2.22. The predicted molar refractivity (Wildman–Crippen MR) is 107 cm³/mol. The van der Waals surface area contributed by atoms with Crippen LogP contribution in [-0.2, 0) is 21.3 Å². The van der Waals surface area contributed by atoms with Gasteiger partial charge in [0, 0.05) is 31.7 Å². The summed E-state index contributed by atoms with van der Waals surface area (Å²) in [5.74, 6) is -0.354. The molecule has 28 heavy (non-hydrogen) atoms. The minimum atomic E-state index is -3.49. The molecule has 6 nitrogen and oxygen atoms in total. The van der Waals surface area contributed by atoms with E-state index in [2.05, 4.69) is 4.90 Å². The van der Waals surface area contributed by atoms with Crippen molar-refractivity contribution in [3.8, 4) is 0 Å². The second-order valence-electron chi connectivity index (χ2n) is 7.19. The molecule has 0 amide bonds. The second-order valence-corrected chi connectivity index (χ2v) is 9.13. The van der Waals surface area contributed by atoms with Crippen LogP contribution in [0, 0.1) is 0 Å². The Balaban J connectivity index is 1.71. The van der Waals surface area contributed by atoms with Crippen LogP contribution >= 0.6 is 0 Å². The van der Waals surface area contributed by atoms with Crippen LogP contribution in [0.15, 0.2) is 59.5 Å². The van der Waals surface area contributed by atoms with Crippen LogP contribution in [0.1, 0.15) is 29.8 Å². The van der Waals surface area contributed by atoms with Gasteiger partial charge in [-0.1, -0.05) is 30.3 Å². The molecule has 2 atom stereocenters. The number of nitrogens with zero attached hydrogens (tertiary/aromatic N) is 2. The monoisotopic (exact) mass is 402 g/mol. The van der Waals surface area contributed by atoms with Crippen molar-refractivity contribution in [3.05, 3.63) is 65.7 Å². The van der Waals surface area contributed by atoms with Crippen LogP contribution in [-0.4, -0.2) is 55.9 Å². The molecular weight excluding hydrogens is 376 g/mol. The van der Waals surface area contributed by atoms with Crippen LogP contribution in [0.2, 0.25) is 0 Å². The van der Waals surface area contributed by atoms with Gasteiger partial charge in [0.25, 0.3) is 0 Å². The van der Waals surface area contributed by atoms with Crippen molar-refractivity contribution < 1.29 is 17.9 Å². The quantitative estimate of drug-likeness (QED) is 0.720. The number of hydrogen-bond acceptors (Lipinski definition) is 5. The first kappa shape index (κ1) is 20.5. The van der Waals surface area contributed by atoms with Crippen LogP contribution in [0.3, 0.4) is 0 Å². The Morgan fingerprint density at radius 3 is 2.11 bits per heavy atom. The standard InChI is InChI=1S/C21H26N2O4S/c1-16-13-22(28(25,26)20-7-5-4-6-8-20)14-17(2)23(16)15-18-9-11-19(12-10-18)21(24)27-3/h4-12,16-17H,13-15H2,1-3H3/t16-,17+. The molecule has 7 heteroatoms. The van der Waals surface area contributed by atoms with Gasteiger partial charge in [0.1, 0.15) is 0 Å². The predicted octanol–water partition coefficient (Wildman–Crippen LogP) is 2.76. The van der Waals surface area contributed by atoms with Crippen molar-refractivity contribution in [2.45, 2.75) is 37.4 Å². The molecule has 1 aliphatic rings. The average Bonchev–Trinajstić information content (AvgIpc) is 2.71. The molecule has 0 aliphatic carbocycles. The summed E-state index contributed by atoms with van der Waals surface area (Å²) in [6.45, 7) is 5.69. The Morgan fingerprint density at radius 2 is 1.57 bits per heavy atom. The van der Waals surface area contributed by atoms with Gasteiger partial charge in [-0.2, -0.15) is 4.31 Å². The van der Waals surface area contributed by atoms with E-state index in [1.54, 1.807) is 40.7 Å². The van der Waals surface area contributed by atoms with Gasteiger partial charge in [0.05, 0.1) is 17.6 Å². The molecular formula is C21H26N2O4S. The highest BCUT2D eigenvalue weighted by atomic mass is 32.2. The van der Waals surface area contributed by atoms with E-state index in [1.807, 2.05) is 32.0 Å². The largest absolute Gasteiger partial charge is 0.465 e. The van der Waals surface area contributed by atoms with E-state index in [4.69, 9.17) is 4.74 Å². The van der Waals surface area contributed by atoms with Crippen molar-refractivity contribution >= 4 is 16.0 Å². The second kappa shape index (κ2) is 8.43. The van der Waals surface area contributed by atoms with Crippen LogP contribution < -0.4 is 0 Å². The summed E-state index contributed by atoms with van der Waals surface area (Å²) >= 11 is 0. The molecule has 2 aromatic rings. The number of sulfonamides is 1. The molecule has 0 spiro atoms. The SMILES string of the molecule is COC(=O)c1ccc(CN2[C@H](C)CN(S(=O)(=O)c3ccccc3)C[C@@H]2C)cc1. The van der Waals surface area contributed by atoms with E-state index in [0.717, 1.165) is 5.56 Å². The number of carbonyl (C=O) groups is 1. The fourth-order valence-corrected chi connectivity index (χ4v) is 5.26. The average molecular weight is 403 g/mol. The topological polar surface area (TPSA) is 66.9 Å². The van der Waals surface area contributed by atoms with Crippen LogP contribution in [0.4, 0.5) is 0 Å². The third-order valence-corrected chi connectivity index (χ3v) is 7.04. The lowest BCUT2D eigenvalue weighted by Crippen LogP contribution is -2.57. The van der Waals surface area contributed by atoms with Crippen molar-refractivity contribution in [2.75, 3.05) is 20.2 Å². The van der Waals surface area contributed by atoms with Gasteiger partial charge < -0.3 is 4.74 Å². The summed E-state index contributed by atoms with van der Waals surface area (Å²) in [4.78, 5) is 14.2. The maximum atomic E-state index is 12.9. The summed E-state index contributed by atoms with van der Waals surface area (Å²) < 4.78 is 32.2. The number of hydrogen-bond donors (Lipinski definition) is 0. The highest BCUT2D eigenvalue weighted by Gasteiger charge is 2.35. The normalized spacial score (nSPS) is 21.4. The molecule has 0 N–H and O–H groups in total. The summed E-state index contributed by atoms with van der Waals surface area (Å²) in [5, 5.41) is 0. The van der Waals surface area contributed by atoms with Crippen molar-refractivity contribution in [2.24, 2.45) is 0 Å². The van der Waals surface area contributed by atoms with Gasteiger partial charge in [-0.25, -0.2) is 13.2 Å². The van der Waals surface area contributed by atoms with E-state index < -0.39 is 10.0 Å². The van der Waals surface area contributed by atoms with E-state index in [0.29, 0.717) is 30.1 Å². The van der Waals surface area contributed by atoms with Crippen molar-refractivity contribution in [1.29, 1.82) is 0 Å². The van der Waals surface area contributed by atoms with E-state index in [1.165, 1.54) is 7.11 Å². The van der Waals surface area contributed by atoms with Crippen molar-refractivity contribution in [3.63, 3.8) is 0 Å². The lowest BCUT2D eigenvalue weighted by atomic mass is 10.1. The maximum Gasteiger partial charge on any atom is 0.337 e. The molecule has 3 rings (SSSR count). The molecule has 0 saturated carbocycles. The third kappa shape index (κ3) is 4.27. The van der Waals surface area contributed by atoms with Crippen LogP contribution in [0.25, 0.3) is 0 Å². The molecule has 1 fully saturated rings. The molecule has 1 heterocycles. The Morgan fingerprint density at radius 1 is 1.00 bits per heavy atom. The fraction of sp³-hybridized carbons (Fsp3) is 0.381. The first-order valence-corrected chi connectivity index (χ1v) is 10.7. The van der Waals surface area contributed by atoms with Gasteiger partial charge in [0.2, 0.25) is 10.0 Å². The minimum absolute atomic E-state index is 0.0718. The minimum Gasteiger partial charge on any atom is -0.465 e. The van der Waals surface area contributed by atoms with Gasteiger partial charge in [-0.15, -0.1) is 0 Å². The van der Waals surface area contributed by atoms with Gasteiger partial charge in [-0.05, 0) is 43.7 Å². The molecule has 1 saturated heterocycles. The number of methoxy groups -OCH3 is 1. The van der Waals surface area contributed by atoms with E-state index >= 15 is 0 Å². The molecule has 1 aliphatic heterocycles. The number of benzene rings is 2. The van der Waals surface area contributed by atoms with Gasteiger partial charge in [0.15, 0.2) is 0 Å². The number of carbonyl (C=O) groups excluding carboxylic acids is 1. The van der Waals surface area contributed by atoms with E-state index in [-0.39, 0.29) is 18.1 Å². The summed E-state index contributed by atoms with van der Waals surface area (Å²) in [5.41, 5.74) is 1.59. The first-order valence-electron chi connectivity index (χ1n) is 9.31. The Bertz CT molecular complexity index is 901. The zero-order valence-electron chi connectivity index (χ0n) is 16.4. The van der Waals surface area contributed by atoms with Gasteiger partial charge in [-0.3, -0.25) is 4.90 Å².